The molecule has 2 rings (SSSR count). The number of sulfonamides is 1. The summed E-state index contributed by atoms with van der Waals surface area (Å²) in [7, 11) is -3.76. The number of hydrogen-bond donors (Lipinski definition) is 2. The van der Waals surface area contributed by atoms with Crippen LogP contribution >= 0.6 is 0 Å². The maximum Gasteiger partial charge on any atom is 0.339 e. The minimum Gasteiger partial charge on any atom is -0.507 e. The molecule has 0 spiro atoms. The summed E-state index contributed by atoms with van der Waals surface area (Å²) in [5, 5.41) is 18.5. The highest BCUT2D eigenvalue weighted by molar-refractivity contribution is 7.89. The van der Waals surface area contributed by atoms with E-state index in [-0.39, 0.29) is 17.0 Å². The van der Waals surface area contributed by atoms with Gasteiger partial charge in [-0.15, -0.1) is 0 Å². The molecule has 0 aromatic heterocycles. The summed E-state index contributed by atoms with van der Waals surface area (Å²) in [5.74, 6) is -1.80. The van der Waals surface area contributed by atoms with Gasteiger partial charge in [0.05, 0.1) is 4.90 Å². The number of nitrogens with zero attached hydrogens (tertiary/aromatic N) is 1. The predicted molar refractivity (Wildman–Crippen MR) is 76.9 cm³/mol. The molecule has 1 aliphatic rings. The average molecular weight is 313 g/mol. The normalized spacial score (nSPS) is 23.3. The Balaban J connectivity index is 2.49. The summed E-state index contributed by atoms with van der Waals surface area (Å²) in [5.41, 5.74) is -0.407. The van der Waals surface area contributed by atoms with E-state index in [1.807, 2.05) is 13.8 Å². The third-order valence-corrected chi connectivity index (χ3v) is 6.02. The molecule has 2 atom stereocenters. The van der Waals surface area contributed by atoms with Gasteiger partial charge in [0.25, 0.3) is 0 Å². The molecule has 0 amide bonds. The minimum absolute atomic E-state index is 0.0629. The van der Waals surface area contributed by atoms with Crippen molar-refractivity contribution in [2.24, 2.45) is 0 Å². The van der Waals surface area contributed by atoms with E-state index < -0.39 is 27.3 Å². The molecular formula is C14H19NO5S. The first-order valence-electron chi connectivity index (χ1n) is 6.89. The van der Waals surface area contributed by atoms with E-state index in [1.54, 1.807) is 0 Å². The smallest absolute Gasteiger partial charge is 0.339 e. The van der Waals surface area contributed by atoms with Crippen molar-refractivity contribution in [3.05, 3.63) is 23.8 Å². The molecule has 0 aliphatic carbocycles. The number of hydrogen-bond acceptors (Lipinski definition) is 4. The van der Waals surface area contributed by atoms with Crippen molar-refractivity contribution >= 4 is 16.0 Å². The Hall–Kier alpha value is -1.60. The molecule has 1 aliphatic heterocycles. The molecule has 0 saturated carbocycles. The predicted octanol–water partition coefficient (Wildman–Crippen LogP) is 2.04. The molecule has 1 saturated heterocycles. The van der Waals surface area contributed by atoms with Crippen LogP contribution in [-0.4, -0.2) is 41.0 Å². The molecule has 2 N–H and O–H groups in total. The molecule has 1 aromatic carbocycles. The van der Waals surface area contributed by atoms with Gasteiger partial charge in [-0.3, -0.25) is 0 Å². The first-order chi connectivity index (χ1) is 9.78. The van der Waals surface area contributed by atoms with Crippen LogP contribution in [0.25, 0.3) is 0 Å². The summed E-state index contributed by atoms with van der Waals surface area (Å²) < 4.78 is 27.0. The van der Waals surface area contributed by atoms with Crippen LogP contribution < -0.4 is 0 Å². The van der Waals surface area contributed by atoms with Gasteiger partial charge in [0.15, 0.2) is 0 Å². The minimum atomic E-state index is -3.76. The molecule has 7 heteroatoms. The van der Waals surface area contributed by atoms with E-state index in [2.05, 4.69) is 0 Å². The van der Waals surface area contributed by atoms with E-state index in [0.717, 1.165) is 25.0 Å². The van der Waals surface area contributed by atoms with Crippen LogP contribution in [0.5, 0.6) is 5.75 Å². The lowest BCUT2D eigenvalue weighted by Crippen LogP contribution is -2.39. The third-order valence-electron chi connectivity index (χ3n) is 3.96. The lowest BCUT2D eigenvalue weighted by molar-refractivity contribution is 0.0693. The van der Waals surface area contributed by atoms with Gasteiger partial charge in [-0.25, -0.2) is 13.2 Å². The van der Waals surface area contributed by atoms with Gasteiger partial charge in [0, 0.05) is 12.1 Å². The summed E-state index contributed by atoms with van der Waals surface area (Å²) in [4.78, 5) is 10.9. The monoisotopic (exact) mass is 313 g/mol. The molecule has 116 valence electrons. The van der Waals surface area contributed by atoms with E-state index in [4.69, 9.17) is 5.11 Å². The Morgan fingerprint density at radius 3 is 2.62 bits per heavy atom. The Labute approximate surface area is 124 Å². The first-order valence-corrected chi connectivity index (χ1v) is 8.33. The average Bonchev–Trinajstić information content (AvgIpc) is 2.80. The molecule has 21 heavy (non-hydrogen) atoms. The Morgan fingerprint density at radius 2 is 2.05 bits per heavy atom. The van der Waals surface area contributed by atoms with Gasteiger partial charge in [-0.1, -0.05) is 6.92 Å². The Bertz CT molecular complexity index is 655. The third kappa shape index (κ3) is 2.75. The lowest BCUT2D eigenvalue weighted by Gasteiger charge is -2.27. The highest BCUT2D eigenvalue weighted by Gasteiger charge is 2.39. The first kappa shape index (κ1) is 15.8. The van der Waals surface area contributed by atoms with Crippen molar-refractivity contribution in [3.8, 4) is 5.75 Å². The van der Waals surface area contributed by atoms with Gasteiger partial charge >= 0.3 is 5.97 Å². The van der Waals surface area contributed by atoms with Crippen molar-refractivity contribution < 1.29 is 23.4 Å². The SMILES string of the molecule is CCC1CCC(C)N1S(=O)(=O)c1ccc(O)c(C(=O)O)c1. The van der Waals surface area contributed by atoms with Gasteiger partial charge < -0.3 is 10.2 Å². The van der Waals surface area contributed by atoms with Gasteiger partial charge in [-0.05, 0) is 44.4 Å². The second-order valence-corrected chi connectivity index (χ2v) is 7.15. The highest BCUT2D eigenvalue weighted by Crippen LogP contribution is 2.33. The Morgan fingerprint density at radius 1 is 1.38 bits per heavy atom. The van der Waals surface area contributed by atoms with Crippen LogP contribution in [0.4, 0.5) is 0 Å². The largest absolute Gasteiger partial charge is 0.507 e. The van der Waals surface area contributed by atoms with E-state index in [9.17, 15) is 18.3 Å². The zero-order chi connectivity index (χ0) is 15.8. The molecule has 0 bridgehead atoms. The van der Waals surface area contributed by atoms with E-state index in [1.165, 1.54) is 10.4 Å². The second kappa shape index (κ2) is 5.65. The highest BCUT2D eigenvalue weighted by atomic mass is 32.2. The lowest BCUT2D eigenvalue weighted by atomic mass is 10.2. The van der Waals surface area contributed by atoms with Crippen molar-refractivity contribution in [2.45, 2.75) is 50.1 Å². The van der Waals surface area contributed by atoms with E-state index >= 15 is 0 Å². The summed E-state index contributed by atoms with van der Waals surface area (Å²) in [6, 6.07) is 3.20. The van der Waals surface area contributed by atoms with Gasteiger partial charge in [0.1, 0.15) is 11.3 Å². The summed E-state index contributed by atoms with van der Waals surface area (Å²) in [6.07, 6.45) is 2.32. The molecule has 0 radical (unpaired) electrons. The maximum atomic E-state index is 12.8. The molecule has 1 fully saturated rings. The molecule has 6 nitrogen and oxygen atoms in total. The maximum absolute atomic E-state index is 12.8. The van der Waals surface area contributed by atoms with Crippen LogP contribution in [0, 0.1) is 0 Å². The molecular weight excluding hydrogens is 294 g/mol. The van der Waals surface area contributed by atoms with Crippen LogP contribution in [0.1, 0.15) is 43.5 Å². The number of aromatic hydroxyl groups is 1. The second-order valence-electron chi connectivity index (χ2n) is 5.31. The quantitative estimate of drug-likeness (QED) is 0.887. The van der Waals surface area contributed by atoms with Crippen LogP contribution in [-0.2, 0) is 10.0 Å². The number of carboxylic acid groups (broad SMARTS) is 1. The molecule has 1 aromatic rings. The van der Waals surface area contributed by atoms with Crippen molar-refractivity contribution in [2.75, 3.05) is 0 Å². The molecule has 2 unspecified atom stereocenters. The summed E-state index contributed by atoms with van der Waals surface area (Å²) >= 11 is 0. The molecule has 1 heterocycles. The number of rotatable bonds is 4. The Kier molecular flexibility index (Phi) is 4.25. The number of aromatic carboxylic acids is 1. The van der Waals surface area contributed by atoms with Gasteiger partial charge in [0.2, 0.25) is 10.0 Å². The van der Waals surface area contributed by atoms with Crippen LogP contribution in [0.2, 0.25) is 0 Å². The van der Waals surface area contributed by atoms with Crippen LogP contribution in [0.15, 0.2) is 23.1 Å². The fourth-order valence-electron chi connectivity index (χ4n) is 2.83. The number of phenols is 1. The topological polar surface area (TPSA) is 94.9 Å². The van der Waals surface area contributed by atoms with Crippen LogP contribution in [0.3, 0.4) is 0 Å². The van der Waals surface area contributed by atoms with Crippen molar-refractivity contribution in [1.82, 2.24) is 4.31 Å². The zero-order valence-electron chi connectivity index (χ0n) is 12.0. The fraction of sp³-hybridized carbons (Fsp3) is 0.500. The summed E-state index contributed by atoms with van der Waals surface area (Å²) in [6.45, 7) is 3.79. The zero-order valence-corrected chi connectivity index (χ0v) is 12.8. The van der Waals surface area contributed by atoms with Crippen molar-refractivity contribution in [1.29, 1.82) is 0 Å². The van der Waals surface area contributed by atoms with Gasteiger partial charge in [-0.2, -0.15) is 4.31 Å². The standard InChI is InChI=1S/C14H19NO5S/c1-3-10-5-4-9(2)15(10)21(19,20)11-6-7-13(16)12(8-11)14(17)18/h6-10,16H,3-5H2,1-2H3,(H,17,18). The number of carbonyl (C=O) groups is 1. The van der Waals surface area contributed by atoms with Crippen molar-refractivity contribution in [3.63, 3.8) is 0 Å². The number of benzene rings is 1. The van der Waals surface area contributed by atoms with E-state index in [0.29, 0.717) is 6.42 Å². The number of carboxylic acids is 1. The fourth-order valence-corrected chi connectivity index (χ4v) is 4.81.